The molecule has 1 saturated heterocycles. The fraction of sp³-hybridized carbons (Fsp3) is 0.536. The Morgan fingerprint density at radius 2 is 1.97 bits per heavy atom. The van der Waals surface area contributed by atoms with Gasteiger partial charge >= 0.3 is 0 Å². The Bertz CT molecular complexity index is 1290. The molecule has 2 aromatic heterocycles. The van der Waals surface area contributed by atoms with E-state index in [2.05, 4.69) is 46.7 Å². The fourth-order valence-corrected chi connectivity index (χ4v) is 4.61. The lowest BCUT2D eigenvalue weighted by Crippen LogP contribution is -2.39. The van der Waals surface area contributed by atoms with Crippen LogP contribution in [0.25, 0.3) is 16.8 Å². The van der Waals surface area contributed by atoms with E-state index < -0.39 is 0 Å². The number of fused-ring (bicyclic) bond motifs is 1. The van der Waals surface area contributed by atoms with Gasteiger partial charge in [-0.3, -0.25) is 9.69 Å². The van der Waals surface area contributed by atoms with Crippen molar-refractivity contribution in [1.82, 2.24) is 24.8 Å². The highest BCUT2D eigenvalue weighted by atomic mass is 16.5. The van der Waals surface area contributed by atoms with Gasteiger partial charge in [0.2, 0.25) is 0 Å². The Morgan fingerprint density at radius 3 is 2.63 bits per heavy atom. The maximum absolute atomic E-state index is 12.6. The zero-order valence-electron chi connectivity index (χ0n) is 22.8. The third-order valence-electron chi connectivity index (χ3n) is 7.30. The first-order valence-electron chi connectivity index (χ1n) is 13.4. The number of nitrogens with one attached hydrogen (secondary N) is 3. The molecule has 0 bridgehead atoms. The standard InChI is InChI=1S/C28H39N7O3/c1-18-13-19(5-8-21(18)27(37)31-20-6-7-20)22-15-30-35-25(29-17-34-9-11-38-12-10-34)14-24(33-26(22)35)32-23(16-36)28(2,3)4/h5,8,13-15,20,23,29,36H,6-7,9-12,16-17H2,1-4H3,(H,31,37)(H,32,33)/t23-/m1/s1. The van der Waals surface area contributed by atoms with Crippen LogP contribution in [0.1, 0.15) is 49.5 Å². The van der Waals surface area contributed by atoms with Crippen molar-refractivity contribution in [2.24, 2.45) is 5.41 Å². The number of rotatable bonds is 9. The normalized spacial score (nSPS) is 17.4. The van der Waals surface area contributed by atoms with Gasteiger partial charge in [0, 0.05) is 36.3 Å². The third kappa shape index (κ3) is 5.92. The van der Waals surface area contributed by atoms with Gasteiger partial charge in [0.15, 0.2) is 5.65 Å². The number of anilines is 2. The number of amides is 1. The van der Waals surface area contributed by atoms with Crippen LogP contribution in [0.3, 0.4) is 0 Å². The van der Waals surface area contributed by atoms with E-state index in [0.29, 0.717) is 29.7 Å². The Labute approximate surface area is 223 Å². The van der Waals surface area contributed by atoms with Crippen LogP contribution in [-0.2, 0) is 4.74 Å². The Kier molecular flexibility index (Phi) is 7.56. The number of aromatic nitrogens is 3. The van der Waals surface area contributed by atoms with Gasteiger partial charge in [-0.2, -0.15) is 9.61 Å². The molecule has 1 aliphatic carbocycles. The summed E-state index contributed by atoms with van der Waals surface area (Å²) in [6.07, 6.45) is 3.93. The van der Waals surface area contributed by atoms with E-state index in [-0.39, 0.29) is 24.0 Å². The quantitative estimate of drug-likeness (QED) is 0.340. The summed E-state index contributed by atoms with van der Waals surface area (Å²) in [5.74, 6) is 1.45. The van der Waals surface area contributed by atoms with Crippen molar-refractivity contribution in [2.45, 2.75) is 52.6 Å². The lowest BCUT2D eigenvalue weighted by atomic mass is 9.87. The molecule has 3 heterocycles. The van der Waals surface area contributed by atoms with E-state index in [0.717, 1.165) is 61.7 Å². The first kappa shape index (κ1) is 26.4. The summed E-state index contributed by atoms with van der Waals surface area (Å²) >= 11 is 0. The van der Waals surface area contributed by atoms with Crippen LogP contribution in [0.5, 0.6) is 0 Å². The number of hydrogen-bond donors (Lipinski definition) is 4. The largest absolute Gasteiger partial charge is 0.394 e. The molecule has 2 aliphatic rings. The SMILES string of the molecule is Cc1cc(-c2cnn3c(NCN4CCOCC4)cc(N[C@H](CO)C(C)(C)C)nc23)ccc1C(=O)NC1CC1. The molecule has 0 radical (unpaired) electrons. The maximum Gasteiger partial charge on any atom is 0.251 e. The monoisotopic (exact) mass is 521 g/mol. The minimum absolute atomic E-state index is 0.0113. The van der Waals surface area contributed by atoms with Crippen LogP contribution < -0.4 is 16.0 Å². The molecular formula is C28H39N7O3. The third-order valence-corrected chi connectivity index (χ3v) is 7.30. The van der Waals surface area contributed by atoms with Crippen LogP contribution >= 0.6 is 0 Å². The van der Waals surface area contributed by atoms with Crippen LogP contribution in [0.2, 0.25) is 0 Å². The highest BCUT2D eigenvalue weighted by molar-refractivity contribution is 5.97. The van der Waals surface area contributed by atoms with Crippen LogP contribution in [-0.4, -0.2) is 82.2 Å². The number of aliphatic hydroxyl groups excluding tert-OH is 1. The van der Waals surface area contributed by atoms with Gasteiger partial charge in [-0.15, -0.1) is 0 Å². The number of carbonyl (C=O) groups is 1. The summed E-state index contributed by atoms with van der Waals surface area (Å²) in [5.41, 5.74) is 3.94. The average Bonchev–Trinajstić information content (AvgIpc) is 3.60. The number of ether oxygens (including phenoxy) is 1. The molecule has 1 aromatic carbocycles. The number of aryl methyl sites for hydroxylation is 1. The molecule has 1 amide bonds. The summed E-state index contributed by atoms with van der Waals surface area (Å²) in [4.78, 5) is 19.9. The topological polar surface area (TPSA) is 116 Å². The second-order valence-electron chi connectivity index (χ2n) is 11.4. The zero-order valence-corrected chi connectivity index (χ0v) is 22.8. The molecular weight excluding hydrogens is 482 g/mol. The van der Waals surface area contributed by atoms with E-state index in [1.54, 1.807) is 0 Å². The summed E-state index contributed by atoms with van der Waals surface area (Å²) in [5, 5.41) is 24.8. The Morgan fingerprint density at radius 1 is 1.21 bits per heavy atom. The first-order chi connectivity index (χ1) is 18.2. The van der Waals surface area contributed by atoms with Crippen molar-refractivity contribution in [3.05, 3.63) is 41.6 Å². The molecule has 2 fully saturated rings. The summed E-state index contributed by atoms with van der Waals surface area (Å²) in [7, 11) is 0. The number of carbonyl (C=O) groups excluding carboxylic acids is 1. The Hall–Kier alpha value is -3.21. The van der Waals surface area contributed by atoms with Gasteiger partial charge in [0.25, 0.3) is 5.91 Å². The number of aliphatic hydroxyl groups is 1. The molecule has 1 aliphatic heterocycles. The van der Waals surface area contributed by atoms with Crippen LogP contribution in [0.4, 0.5) is 11.6 Å². The molecule has 204 valence electrons. The van der Waals surface area contributed by atoms with Crippen molar-refractivity contribution in [1.29, 1.82) is 0 Å². The van der Waals surface area contributed by atoms with Gasteiger partial charge in [0.05, 0.1) is 38.7 Å². The molecule has 10 nitrogen and oxygen atoms in total. The smallest absolute Gasteiger partial charge is 0.251 e. The number of nitrogens with zero attached hydrogens (tertiary/aromatic N) is 4. The Balaban J connectivity index is 1.49. The van der Waals surface area contributed by atoms with Gasteiger partial charge < -0.3 is 25.8 Å². The predicted molar refractivity (Wildman–Crippen MR) is 148 cm³/mol. The second-order valence-corrected chi connectivity index (χ2v) is 11.4. The maximum atomic E-state index is 12.6. The first-order valence-corrected chi connectivity index (χ1v) is 13.4. The minimum Gasteiger partial charge on any atom is -0.394 e. The molecule has 5 rings (SSSR count). The summed E-state index contributed by atoms with van der Waals surface area (Å²) in [6, 6.07) is 7.94. The van der Waals surface area contributed by atoms with Crippen molar-refractivity contribution in [3.63, 3.8) is 0 Å². The van der Waals surface area contributed by atoms with Crippen molar-refractivity contribution in [3.8, 4) is 11.1 Å². The molecule has 0 spiro atoms. The molecule has 1 saturated carbocycles. The van der Waals surface area contributed by atoms with Gasteiger partial charge in [-0.25, -0.2) is 4.98 Å². The van der Waals surface area contributed by atoms with Crippen molar-refractivity contribution < 1.29 is 14.6 Å². The molecule has 38 heavy (non-hydrogen) atoms. The van der Waals surface area contributed by atoms with Gasteiger partial charge in [0.1, 0.15) is 11.6 Å². The lowest BCUT2D eigenvalue weighted by Gasteiger charge is -2.30. The number of benzene rings is 1. The second kappa shape index (κ2) is 10.9. The van der Waals surface area contributed by atoms with Gasteiger partial charge in [-0.1, -0.05) is 32.9 Å². The van der Waals surface area contributed by atoms with E-state index in [1.807, 2.05) is 41.9 Å². The molecule has 1 atom stereocenters. The fourth-order valence-electron chi connectivity index (χ4n) is 4.61. The van der Waals surface area contributed by atoms with Crippen LogP contribution in [0, 0.1) is 12.3 Å². The van der Waals surface area contributed by atoms with E-state index in [4.69, 9.17) is 9.72 Å². The highest BCUT2D eigenvalue weighted by Crippen LogP contribution is 2.30. The molecule has 4 N–H and O–H groups in total. The van der Waals surface area contributed by atoms with E-state index in [1.165, 1.54) is 0 Å². The van der Waals surface area contributed by atoms with E-state index >= 15 is 0 Å². The summed E-state index contributed by atoms with van der Waals surface area (Å²) < 4.78 is 7.29. The molecule has 0 unspecified atom stereocenters. The van der Waals surface area contributed by atoms with Gasteiger partial charge in [-0.05, 0) is 42.4 Å². The minimum atomic E-state index is -0.178. The molecule has 3 aromatic rings. The highest BCUT2D eigenvalue weighted by Gasteiger charge is 2.26. The number of hydrogen-bond acceptors (Lipinski definition) is 8. The van der Waals surface area contributed by atoms with Crippen molar-refractivity contribution >= 4 is 23.2 Å². The summed E-state index contributed by atoms with van der Waals surface area (Å²) in [6.45, 7) is 12.1. The average molecular weight is 522 g/mol. The number of morpholine rings is 1. The zero-order chi connectivity index (χ0) is 26.9. The van der Waals surface area contributed by atoms with E-state index in [9.17, 15) is 9.90 Å². The van der Waals surface area contributed by atoms with Crippen LogP contribution in [0.15, 0.2) is 30.5 Å². The van der Waals surface area contributed by atoms with Crippen molar-refractivity contribution in [2.75, 3.05) is 50.2 Å². The molecule has 10 heteroatoms. The lowest BCUT2D eigenvalue weighted by molar-refractivity contribution is 0.0414. The predicted octanol–water partition coefficient (Wildman–Crippen LogP) is 3.12.